The molecule has 0 aliphatic carbocycles. The summed E-state index contributed by atoms with van der Waals surface area (Å²) in [6, 6.07) is 15.1. The normalized spacial score (nSPS) is 17.1. The lowest BCUT2D eigenvalue weighted by molar-refractivity contribution is -0.138. The predicted molar refractivity (Wildman–Crippen MR) is 104 cm³/mol. The van der Waals surface area contributed by atoms with Crippen molar-refractivity contribution in [2.24, 2.45) is 0 Å². The quantitative estimate of drug-likeness (QED) is 0.841. The van der Waals surface area contributed by atoms with E-state index in [4.69, 9.17) is 9.84 Å². The van der Waals surface area contributed by atoms with E-state index in [1.807, 2.05) is 31.2 Å². The fraction of sp³-hybridized carbons (Fsp3) is 0.364. The van der Waals surface area contributed by atoms with E-state index in [9.17, 15) is 9.59 Å². The van der Waals surface area contributed by atoms with Crippen LogP contribution in [-0.2, 0) is 19.7 Å². The maximum Gasteiger partial charge on any atom is 0.310 e. The SMILES string of the molecule is Cc1ccc(C2(C(=O)Nc3ccc(C(C)C(=O)O)cc3)CCOCC2)cc1. The van der Waals surface area contributed by atoms with Crippen LogP contribution >= 0.6 is 0 Å². The zero-order valence-electron chi connectivity index (χ0n) is 15.7. The van der Waals surface area contributed by atoms with E-state index in [0.717, 1.165) is 11.1 Å². The third-order valence-electron chi connectivity index (χ3n) is 5.42. The maximum atomic E-state index is 13.2. The Bertz CT molecular complexity index is 805. The number of benzene rings is 2. The van der Waals surface area contributed by atoms with Crippen molar-refractivity contribution in [2.45, 2.75) is 38.0 Å². The van der Waals surface area contributed by atoms with Gasteiger partial charge >= 0.3 is 5.97 Å². The topological polar surface area (TPSA) is 75.6 Å². The van der Waals surface area contributed by atoms with Gasteiger partial charge in [0.1, 0.15) is 0 Å². The summed E-state index contributed by atoms with van der Waals surface area (Å²) in [7, 11) is 0. The van der Waals surface area contributed by atoms with Gasteiger partial charge in [-0.15, -0.1) is 0 Å². The van der Waals surface area contributed by atoms with Gasteiger partial charge < -0.3 is 15.2 Å². The summed E-state index contributed by atoms with van der Waals surface area (Å²) in [6.07, 6.45) is 1.27. The van der Waals surface area contributed by atoms with E-state index in [-0.39, 0.29) is 5.91 Å². The molecule has 2 N–H and O–H groups in total. The van der Waals surface area contributed by atoms with E-state index in [2.05, 4.69) is 5.32 Å². The molecule has 5 heteroatoms. The molecule has 1 fully saturated rings. The molecule has 2 aromatic rings. The molecular formula is C22H25NO4. The molecule has 1 aliphatic heterocycles. The first-order valence-electron chi connectivity index (χ1n) is 9.21. The van der Waals surface area contributed by atoms with Crippen molar-refractivity contribution in [1.82, 2.24) is 0 Å². The molecule has 5 nitrogen and oxygen atoms in total. The van der Waals surface area contributed by atoms with Crippen LogP contribution in [0.1, 0.15) is 42.4 Å². The number of hydrogen-bond acceptors (Lipinski definition) is 3. The van der Waals surface area contributed by atoms with Gasteiger partial charge in [0.05, 0.1) is 11.3 Å². The molecule has 0 aromatic heterocycles. The van der Waals surface area contributed by atoms with Crippen LogP contribution in [0.5, 0.6) is 0 Å². The summed E-state index contributed by atoms with van der Waals surface area (Å²) in [5.41, 5.74) is 2.92. The van der Waals surface area contributed by atoms with Crippen LogP contribution in [0.4, 0.5) is 5.69 Å². The van der Waals surface area contributed by atoms with Crippen molar-refractivity contribution in [2.75, 3.05) is 18.5 Å². The lowest BCUT2D eigenvalue weighted by atomic mass is 9.73. The number of aliphatic carboxylic acids is 1. The van der Waals surface area contributed by atoms with Crippen molar-refractivity contribution in [1.29, 1.82) is 0 Å². The molecule has 1 heterocycles. The molecule has 27 heavy (non-hydrogen) atoms. The number of carboxylic acid groups (broad SMARTS) is 1. The van der Waals surface area contributed by atoms with Crippen molar-refractivity contribution in [3.63, 3.8) is 0 Å². The first-order valence-corrected chi connectivity index (χ1v) is 9.21. The molecule has 1 aliphatic rings. The van der Waals surface area contributed by atoms with Crippen LogP contribution in [0, 0.1) is 6.92 Å². The van der Waals surface area contributed by atoms with E-state index in [0.29, 0.717) is 37.3 Å². The molecule has 1 amide bonds. The van der Waals surface area contributed by atoms with Crippen LogP contribution in [0.2, 0.25) is 0 Å². The second-order valence-corrected chi connectivity index (χ2v) is 7.20. The lowest BCUT2D eigenvalue weighted by Gasteiger charge is -2.36. The highest BCUT2D eigenvalue weighted by molar-refractivity contribution is 5.99. The third kappa shape index (κ3) is 4.03. The van der Waals surface area contributed by atoms with Crippen LogP contribution < -0.4 is 5.32 Å². The Labute approximate surface area is 159 Å². The van der Waals surface area contributed by atoms with E-state index in [1.165, 1.54) is 0 Å². The number of hydrogen-bond donors (Lipinski definition) is 2. The summed E-state index contributed by atoms with van der Waals surface area (Å²) in [6.45, 7) is 4.78. The minimum atomic E-state index is -0.868. The Hall–Kier alpha value is -2.66. The molecule has 142 valence electrons. The molecule has 0 spiro atoms. The molecule has 1 unspecified atom stereocenters. The Balaban J connectivity index is 1.83. The number of anilines is 1. The maximum absolute atomic E-state index is 13.2. The average Bonchev–Trinajstić information content (AvgIpc) is 2.69. The van der Waals surface area contributed by atoms with Crippen molar-refractivity contribution >= 4 is 17.6 Å². The second kappa shape index (κ2) is 7.92. The molecule has 2 aromatic carbocycles. The standard InChI is InChI=1S/C22H25NO4/c1-15-3-7-18(8-4-15)22(11-13-27-14-12-22)21(26)23-19-9-5-17(6-10-19)16(2)20(24)25/h3-10,16H,11-14H2,1-2H3,(H,23,26)(H,24,25). The molecule has 1 atom stereocenters. The van der Waals surface area contributed by atoms with Gasteiger partial charge in [-0.2, -0.15) is 0 Å². The Morgan fingerprint density at radius 2 is 1.63 bits per heavy atom. The molecule has 0 saturated carbocycles. The number of carbonyl (C=O) groups excluding carboxylic acids is 1. The van der Waals surface area contributed by atoms with Gasteiger partial charge in [0, 0.05) is 18.9 Å². The van der Waals surface area contributed by atoms with E-state index in [1.54, 1.807) is 31.2 Å². The number of carboxylic acids is 1. The van der Waals surface area contributed by atoms with Crippen molar-refractivity contribution < 1.29 is 19.4 Å². The number of ether oxygens (including phenoxy) is 1. The van der Waals surface area contributed by atoms with Crippen LogP contribution in [-0.4, -0.2) is 30.2 Å². The first-order chi connectivity index (χ1) is 12.9. The largest absolute Gasteiger partial charge is 0.481 e. The molecule has 1 saturated heterocycles. The fourth-order valence-electron chi connectivity index (χ4n) is 3.49. The Kier molecular flexibility index (Phi) is 5.61. The smallest absolute Gasteiger partial charge is 0.310 e. The summed E-state index contributed by atoms with van der Waals surface area (Å²) < 4.78 is 5.50. The van der Waals surface area contributed by atoms with Gasteiger partial charge in [0.15, 0.2) is 0 Å². The minimum absolute atomic E-state index is 0.0475. The number of aryl methyl sites for hydroxylation is 1. The monoisotopic (exact) mass is 367 g/mol. The van der Waals surface area contributed by atoms with E-state index < -0.39 is 17.3 Å². The number of amides is 1. The second-order valence-electron chi connectivity index (χ2n) is 7.20. The first kappa shape index (κ1) is 19.1. The number of rotatable bonds is 5. The zero-order valence-corrected chi connectivity index (χ0v) is 15.7. The summed E-state index contributed by atoms with van der Waals surface area (Å²) >= 11 is 0. The van der Waals surface area contributed by atoms with Gasteiger partial charge in [-0.25, -0.2) is 0 Å². The highest BCUT2D eigenvalue weighted by atomic mass is 16.5. The fourth-order valence-corrected chi connectivity index (χ4v) is 3.49. The molecule has 0 radical (unpaired) electrons. The highest BCUT2D eigenvalue weighted by Crippen LogP contribution is 2.36. The average molecular weight is 367 g/mol. The van der Waals surface area contributed by atoms with Crippen LogP contribution in [0.25, 0.3) is 0 Å². The molecular weight excluding hydrogens is 342 g/mol. The van der Waals surface area contributed by atoms with Crippen LogP contribution in [0.3, 0.4) is 0 Å². The summed E-state index contributed by atoms with van der Waals surface area (Å²) in [4.78, 5) is 24.4. The molecule has 3 rings (SSSR count). The zero-order chi connectivity index (χ0) is 19.4. The van der Waals surface area contributed by atoms with Crippen molar-refractivity contribution in [3.05, 3.63) is 65.2 Å². The molecule has 0 bridgehead atoms. The minimum Gasteiger partial charge on any atom is -0.481 e. The Morgan fingerprint density at radius 3 is 2.19 bits per heavy atom. The van der Waals surface area contributed by atoms with Gasteiger partial charge in [-0.1, -0.05) is 42.0 Å². The number of nitrogens with one attached hydrogen (secondary N) is 1. The van der Waals surface area contributed by atoms with Gasteiger partial charge in [0.2, 0.25) is 5.91 Å². The highest BCUT2D eigenvalue weighted by Gasteiger charge is 2.41. The van der Waals surface area contributed by atoms with Gasteiger partial charge in [0.25, 0.3) is 0 Å². The van der Waals surface area contributed by atoms with Gasteiger partial charge in [-0.05, 0) is 49.9 Å². The Morgan fingerprint density at radius 1 is 1.04 bits per heavy atom. The van der Waals surface area contributed by atoms with Gasteiger partial charge in [-0.3, -0.25) is 9.59 Å². The predicted octanol–water partition coefficient (Wildman–Crippen LogP) is 3.87. The van der Waals surface area contributed by atoms with Crippen LogP contribution in [0.15, 0.2) is 48.5 Å². The van der Waals surface area contributed by atoms with E-state index >= 15 is 0 Å². The lowest BCUT2D eigenvalue weighted by Crippen LogP contribution is -2.44. The summed E-state index contributed by atoms with van der Waals surface area (Å²) in [5, 5.41) is 12.1. The third-order valence-corrected chi connectivity index (χ3v) is 5.42. The summed E-state index contributed by atoms with van der Waals surface area (Å²) in [5.74, 6) is -1.50. The van der Waals surface area contributed by atoms with Crippen molar-refractivity contribution in [3.8, 4) is 0 Å². The number of carbonyl (C=O) groups is 2.